The van der Waals surface area contributed by atoms with Crippen LogP contribution in [0.15, 0.2) is 72.9 Å². The molecule has 0 aliphatic rings. The minimum Gasteiger partial charge on any atom is -0.462 e. The molecule has 0 heterocycles. The van der Waals surface area contributed by atoms with E-state index in [0.29, 0.717) is 25.7 Å². The maximum atomic E-state index is 13.1. The van der Waals surface area contributed by atoms with Gasteiger partial charge in [-0.05, 0) is 96.3 Å². The van der Waals surface area contributed by atoms with Gasteiger partial charge in [0.1, 0.15) is 19.3 Å². The standard InChI is InChI=1S/C81H146O17P2/c1-5-9-13-17-21-25-29-32-35-36-37-38-41-43-47-50-54-58-62-66-79(84)92-72-77(98-81(86)68-64-60-56-52-48-44-40-34-31-27-23-19-15-11-7-3)74-96-100(89,90)94-70-75(82)69-93-99(87,88)95-73-76(97-80(85)67-63-59-55-51-45-28-24-20-16-12-8-4)71-91-78(83)65-61-57-53-49-46-42-39-33-30-26-22-18-14-10-6-2/h11,15,21,23,25,27,32,34-35,37-38,40,75-77,82H,5-10,12-14,16-20,22,24,26,28-31,33,36,39,41-74H2,1-4H3,(H,87,88)(H,89,90)/b15-11-,25-21-,27-23-,35-32-,38-37-,40-34-. The number of hydrogen-bond donors (Lipinski definition) is 3. The Bertz CT molecular complexity index is 2180. The van der Waals surface area contributed by atoms with Crippen molar-refractivity contribution < 1.29 is 80.2 Å². The molecule has 0 fully saturated rings. The highest BCUT2D eigenvalue weighted by Gasteiger charge is 2.30. The Hall–Kier alpha value is -3.50. The van der Waals surface area contributed by atoms with E-state index < -0.39 is 97.5 Å². The Morgan fingerprint density at radius 2 is 0.520 bits per heavy atom. The predicted molar refractivity (Wildman–Crippen MR) is 409 cm³/mol. The van der Waals surface area contributed by atoms with Crippen LogP contribution in [-0.4, -0.2) is 96.7 Å². The van der Waals surface area contributed by atoms with E-state index in [0.717, 1.165) is 154 Å². The van der Waals surface area contributed by atoms with Crippen molar-refractivity contribution in [2.75, 3.05) is 39.6 Å². The molecule has 5 unspecified atom stereocenters. The van der Waals surface area contributed by atoms with Crippen LogP contribution in [0.5, 0.6) is 0 Å². The summed E-state index contributed by atoms with van der Waals surface area (Å²) in [6.07, 6.45) is 74.5. The van der Waals surface area contributed by atoms with Gasteiger partial charge >= 0.3 is 39.5 Å². The monoisotopic (exact) mass is 1450 g/mol. The third-order valence-corrected chi connectivity index (χ3v) is 19.1. The number of rotatable bonds is 76. The van der Waals surface area contributed by atoms with Crippen molar-refractivity contribution in [1.29, 1.82) is 0 Å². The highest BCUT2D eigenvalue weighted by Crippen LogP contribution is 2.45. The number of esters is 4. The zero-order valence-electron chi connectivity index (χ0n) is 63.6. The number of carbonyl (C=O) groups excluding carboxylic acids is 4. The summed E-state index contributed by atoms with van der Waals surface area (Å²) in [7, 11) is -9.95. The molecule has 0 saturated heterocycles. The molecule has 17 nitrogen and oxygen atoms in total. The van der Waals surface area contributed by atoms with Gasteiger partial charge in [0, 0.05) is 25.7 Å². The zero-order valence-corrected chi connectivity index (χ0v) is 65.4. The Morgan fingerprint density at radius 1 is 0.290 bits per heavy atom. The van der Waals surface area contributed by atoms with Crippen LogP contribution in [0.2, 0.25) is 0 Å². The lowest BCUT2D eigenvalue weighted by Gasteiger charge is -2.21. The fourth-order valence-corrected chi connectivity index (χ4v) is 12.6. The van der Waals surface area contributed by atoms with Crippen LogP contribution in [0.3, 0.4) is 0 Å². The Labute approximate surface area is 609 Å². The van der Waals surface area contributed by atoms with E-state index in [-0.39, 0.29) is 25.7 Å². The van der Waals surface area contributed by atoms with Crippen LogP contribution in [0.4, 0.5) is 0 Å². The van der Waals surface area contributed by atoms with E-state index in [2.05, 4.69) is 101 Å². The first-order valence-electron chi connectivity index (χ1n) is 40.2. The summed E-state index contributed by atoms with van der Waals surface area (Å²) in [6, 6.07) is 0. The molecule has 0 bridgehead atoms. The number of hydrogen-bond acceptors (Lipinski definition) is 15. The lowest BCUT2D eigenvalue weighted by molar-refractivity contribution is -0.161. The highest BCUT2D eigenvalue weighted by molar-refractivity contribution is 7.47. The number of phosphoric ester groups is 2. The summed E-state index contributed by atoms with van der Waals surface area (Å²) in [5.74, 6) is -2.18. The third-order valence-electron chi connectivity index (χ3n) is 17.2. The molecule has 0 saturated carbocycles. The van der Waals surface area contributed by atoms with Crippen molar-refractivity contribution in [2.45, 2.75) is 380 Å². The summed E-state index contributed by atoms with van der Waals surface area (Å²) in [5, 5.41) is 10.6. The number of allylic oxidation sites excluding steroid dienone is 12. The second-order valence-electron chi connectivity index (χ2n) is 27.0. The third kappa shape index (κ3) is 72.8. The number of phosphoric acid groups is 2. The fraction of sp³-hybridized carbons (Fsp3) is 0.802. The smallest absolute Gasteiger partial charge is 0.462 e. The van der Waals surface area contributed by atoms with Crippen LogP contribution >= 0.6 is 15.6 Å². The van der Waals surface area contributed by atoms with Crippen molar-refractivity contribution in [3.8, 4) is 0 Å². The molecule has 0 aromatic heterocycles. The van der Waals surface area contributed by atoms with Gasteiger partial charge in [-0.25, -0.2) is 9.13 Å². The minimum absolute atomic E-state index is 0.0748. The average Bonchev–Trinajstić information content (AvgIpc) is 0.926. The summed E-state index contributed by atoms with van der Waals surface area (Å²) in [6.45, 7) is 4.76. The van der Waals surface area contributed by atoms with Crippen molar-refractivity contribution in [3.05, 3.63) is 72.9 Å². The molecule has 0 aromatic carbocycles. The number of aliphatic hydroxyl groups is 1. The quantitative estimate of drug-likeness (QED) is 0.0169. The maximum absolute atomic E-state index is 13.1. The highest BCUT2D eigenvalue weighted by atomic mass is 31.2. The molecule has 0 aromatic rings. The second-order valence-corrected chi connectivity index (χ2v) is 29.9. The molecule has 0 spiro atoms. The maximum Gasteiger partial charge on any atom is 0.472 e. The summed E-state index contributed by atoms with van der Waals surface area (Å²) >= 11 is 0. The van der Waals surface area contributed by atoms with Crippen LogP contribution in [0.25, 0.3) is 0 Å². The van der Waals surface area contributed by atoms with Gasteiger partial charge in [0.2, 0.25) is 0 Å². The topological polar surface area (TPSA) is 237 Å². The molecule has 0 rings (SSSR count). The molecule has 0 radical (unpaired) electrons. The summed E-state index contributed by atoms with van der Waals surface area (Å²) in [5.41, 5.74) is 0. The SMILES string of the molecule is CC/C=C\C/C=C\C/C=C\CCCCCCCC(=O)OC(COC(=O)CCCCCCCC/C=C\C/C=C\C/C=C\CCCCC)COP(=O)(O)OCC(O)COP(=O)(O)OCC(COC(=O)CCCCCCCCCCCCCCCCC)OC(=O)CCCCCCCCCCCCC. The molecule has 0 aliphatic carbocycles. The van der Waals surface area contributed by atoms with Crippen molar-refractivity contribution in [2.24, 2.45) is 0 Å². The first-order chi connectivity index (χ1) is 48.7. The van der Waals surface area contributed by atoms with Crippen molar-refractivity contribution >= 4 is 39.5 Å². The van der Waals surface area contributed by atoms with Crippen molar-refractivity contribution in [1.82, 2.24) is 0 Å². The lowest BCUT2D eigenvalue weighted by atomic mass is 10.0. The van der Waals surface area contributed by atoms with Gasteiger partial charge < -0.3 is 33.8 Å². The number of ether oxygens (including phenoxy) is 4. The van der Waals surface area contributed by atoms with E-state index in [1.165, 1.54) is 128 Å². The summed E-state index contributed by atoms with van der Waals surface area (Å²) < 4.78 is 68.6. The van der Waals surface area contributed by atoms with E-state index in [4.69, 9.17) is 37.0 Å². The van der Waals surface area contributed by atoms with Gasteiger partial charge in [0.05, 0.1) is 26.4 Å². The number of aliphatic hydroxyl groups excluding tert-OH is 1. The molecule has 100 heavy (non-hydrogen) atoms. The van der Waals surface area contributed by atoms with E-state index in [1.54, 1.807) is 0 Å². The first kappa shape index (κ1) is 96.5. The van der Waals surface area contributed by atoms with Crippen LogP contribution in [-0.2, 0) is 65.4 Å². The van der Waals surface area contributed by atoms with Crippen LogP contribution in [0, 0.1) is 0 Å². The van der Waals surface area contributed by atoms with Gasteiger partial charge in [-0.2, -0.15) is 0 Å². The van der Waals surface area contributed by atoms with Crippen LogP contribution in [0.1, 0.15) is 362 Å². The van der Waals surface area contributed by atoms with Gasteiger partial charge in [-0.1, -0.05) is 312 Å². The van der Waals surface area contributed by atoms with Gasteiger partial charge in [-0.3, -0.25) is 37.3 Å². The second kappa shape index (κ2) is 73.8. The fourth-order valence-electron chi connectivity index (χ4n) is 11.1. The van der Waals surface area contributed by atoms with Gasteiger partial charge in [0.15, 0.2) is 12.2 Å². The normalized spacial score (nSPS) is 14.3. The average molecular weight is 1450 g/mol. The van der Waals surface area contributed by atoms with E-state index >= 15 is 0 Å². The van der Waals surface area contributed by atoms with E-state index in [1.807, 2.05) is 0 Å². The van der Waals surface area contributed by atoms with Gasteiger partial charge in [0.25, 0.3) is 0 Å². The molecule has 582 valence electrons. The molecular weight excluding hydrogens is 1310 g/mol. The zero-order chi connectivity index (χ0) is 73.2. The van der Waals surface area contributed by atoms with E-state index in [9.17, 15) is 43.2 Å². The molecule has 0 aliphatic heterocycles. The molecule has 0 amide bonds. The number of unbranched alkanes of at least 4 members (excludes halogenated alkanes) is 38. The Kier molecular flexibility index (Phi) is 71.2. The summed E-state index contributed by atoms with van der Waals surface area (Å²) in [4.78, 5) is 72.9. The van der Waals surface area contributed by atoms with Crippen molar-refractivity contribution in [3.63, 3.8) is 0 Å². The largest absolute Gasteiger partial charge is 0.472 e. The molecule has 5 atom stereocenters. The van der Waals surface area contributed by atoms with Crippen LogP contribution < -0.4 is 0 Å². The Balaban J connectivity index is 5.31. The first-order valence-corrected chi connectivity index (χ1v) is 43.2. The predicted octanol–water partition coefficient (Wildman–Crippen LogP) is 23.2. The molecular formula is C81H146O17P2. The lowest BCUT2D eigenvalue weighted by Crippen LogP contribution is -2.30. The minimum atomic E-state index is -4.98. The number of carbonyl (C=O) groups is 4. The van der Waals surface area contributed by atoms with Gasteiger partial charge in [-0.15, -0.1) is 0 Å². The Morgan fingerprint density at radius 3 is 0.820 bits per heavy atom. The molecule has 3 N–H and O–H groups in total. The molecule has 19 heteroatoms.